The molecule has 3 aromatic heterocycles. The number of amides is 1. The third-order valence-electron chi connectivity index (χ3n) is 4.00. The predicted molar refractivity (Wildman–Crippen MR) is 99.1 cm³/mol. The van der Waals surface area contributed by atoms with Crippen LogP contribution in [-0.2, 0) is 0 Å². The van der Waals surface area contributed by atoms with Gasteiger partial charge in [-0.1, -0.05) is 30.3 Å². The van der Waals surface area contributed by atoms with Crippen molar-refractivity contribution in [3.05, 3.63) is 89.7 Å². The standard InChI is InChI=1S/C20H16N2O3S/c23-19(16-13-26-20(22-16)14-6-2-1-3-7-14)21-12-15(17-8-4-10-24-17)18-9-5-11-25-18/h1-11,13,15H,12H2,(H,21,23). The molecular formula is C20H16N2O3S. The number of furan rings is 2. The highest BCUT2D eigenvalue weighted by Gasteiger charge is 2.21. The Morgan fingerprint density at radius 3 is 2.31 bits per heavy atom. The molecular weight excluding hydrogens is 348 g/mol. The molecule has 0 saturated carbocycles. The Labute approximate surface area is 154 Å². The van der Waals surface area contributed by atoms with Crippen molar-refractivity contribution in [3.8, 4) is 10.6 Å². The fourth-order valence-electron chi connectivity index (χ4n) is 2.70. The molecule has 0 fully saturated rings. The SMILES string of the molecule is O=C(NCC(c1ccco1)c1ccco1)c1csc(-c2ccccc2)n1. The summed E-state index contributed by atoms with van der Waals surface area (Å²) >= 11 is 1.45. The lowest BCUT2D eigenvalue weighted by Crippen LogP contribution is -2.28. The van der Waals surface area contributed by atoms with E-state index in [9.17, 15) is 4.79 Å². The molecule has 1 aromatic carbocycles. The number of carbonyl (C=O) groups excluding carboxylic acids is 1. The van der Waals surface area contributed by atoms with Crippen molar-refractivity contribution >= 4 is 17.2 Å². The van der Waals surface area contributed by atoms with Gasteiger partial charge in [0.1, 0.15) is 22.2 Å². The molecule has 1 N–H and O–H groups in total. The lowest BCUT2D eigenvalue weighted by molar-refractivity contribution is 0.0947. The summed E-state index contributed by atoms with van der Waals surface area (Å²) in [6.45, 7) is 0.359. The Morgan fingerprint density at radius 1 is 1.00 bits per heavy atom. The number of hydrogen-bond donors (Lipinski definition) is 1. The van der Waals surface area contributed by atoms with Crippen LogP contribution in [0.5, 0.6) is 0 Å². The summed E-state index contributed by atoms with van der Waals surface area (Å²) < 4.78 is 11.0. The van der Waals surface area contributed by atoms with Crippen LogP contribution in [0.4, 0.5) is 0 Å². The molecule has 6 heteroatoms. The van der Waals surface area contributed by atoms with Crippen molar-refractivity contribution in [3.63, 3.8) is 0 Å². The van der Waals surface area contributed by atoms with Crippen LogP contribution in [0.1, 0.15) is 27.9 Å². The summed E-state index contributed by atoms with van der Waals surface area (Å²) in [5.74, 6) is 1.08. The van der Waals surface area contributed by atoms with Crippen LogP contribution < -0.4 is 5.32 Å². The summed E-state index contributed by atoms with van der Waals surface area (Å²) in [5, 5.41) is 5.52. The molecule has 4 aromatic rings. The van der Waals surface area contributed by atoms with E-state index in [0.717, 1.165) is 22.1 Å². The number of benzene rings is 1. The number of aromatic nitrogens is 1. The molecule has 0 saturated heterocycles. The molecule has 5 nitrogen and oxygen atoms in total. The highest BCUT2D eigenvalue weighted by molar-refractivity contribution is 7.13. The second kappa shape index (κ2) is 7.41. The minimum absolute atomic E-state index is 0.184. The number of nitrogens with one attached hydrogen (secondary N) is 1. The largest absolute Gasteiger partial charge is 0.469 e. The van der Waals surface area contributed by atoms with Crippen LogP contribution >= 0.6 is 11.3 Å². The Morgan fingerprint density at radius 2 is 1.69 bits per heavy atom. The molecule has 130 valence electrons. The quantitative estimate of drug-likeness (QED) is 0.545. The van der Waals surface area contributed by atoms with Gasteiger partial charge in [-0.25, -0.2) is 4.98 Å². The third kappa shape index (κ3) is 3.45. The number of rotatable bonds is 6. The predicted octanol–water partition coefficient (Wildman–Crippen LogP) is 4.56. The normalized spacial score (nSPS) is 11.0. The van der Waals surface area contributed by atoms with Gasteiger partial charge in [-0.05, 0) is 24.3 Å². The lowest BCUT2D eigenvalue weighted by Gasteiger charge is -2.12. The zero-order valence-corrected chi connectivity index (χ0v) is 14.6. The van der Waals surface area contributed by atoms with E-state index in [-0.39, 0.29) is 11.8 Å². The Hall–Kier alpha value is -3.12. The monoisotopic (exact) mass is 364 g/mol. The van der Waals surface area contributed by atoms with Gasteiger partial charge < -0.3 is 14.2 Å². The van der Waals surface area contributed by atoms with Gasteiger partial charge in [-0.2, -0.15) is 0 Å². The summed E-state index contributed by atoms with van der Waals surface area (Å²) in [5.41, 5.74) is 1.41. The number of nitrogens with zero attached hydrogens (tertiary/aromatic N) is 1. The van der Waals surface area contributed by atoms with Crippen molar-refractivity contribution < 1.29 is 13.6 Å². The highest BCUT2D eigenvalue weighted by Crippen LogP contribution is 2.26. The van der Waals surface area contributed by atoms with Crippen molar-refractivity contribution in [1.82, 2.24) is 10.3 Å². The fraction of sp³-hybridized carbons (Fsp3) is 0.100. The first-order valence-corrected chi connectivity index (χ1v) is 9.05. The van der Waals surface area contributed by atoms with Gasteiger partial charge in [-0.3, -0.25) is 4.79 Å². The van der Waals surface area contributed by atoms with Crippen LogP contribution in [0.15, 0.2) is 81.3 Å². The number of thiazole rings is 1. The Balaban J connectivity index is 1.47. The summed E-state index contributed by atoms with van der Waals surface area (Å²) in [7, 11) is 0. The first-order valence-electron chi connectivity index (χ1n) is 8.17. The molecule has 0 spiro atoms. The van der Waals surface area contributed by atoms with Crippen LogP contribution in [0.25, 0.3) is 10.6 Å². The molecule has 0 atom stereocenters. The van der Waals surface area contributed by atoms with E-state index in [1.54, 1.807) is 17.9 Å². The van der Waals surface area contributed by atoms with Crippen molar-refractivity contribution in [2.24, 2.45) is 0 Å². The molecule has 0 aliphatic heterocycles. The molecule has 0 aliphatic rings. The molecule has 3 heterocycles. The highest BCUT2D eigenvalue weighted by atomic mass is 32.1. The van der Waals surface area contributed by atoms with Crippen LogP contribution in [0.2, 0.25) is 0 Å². The molecule has 0 radical (unpaired) electrons. The average molecular weight is 364 g/mol. The second-order valence-electron chi connectivity index (χ2n) is 5.70. The third-order valence-corrected chi connectivity index (χ3v) is 4.89. The van der Waals surface area contributed by atoms with E-state index in [1.165, 1.54) is 11.3 Å². The van der Waals surface area contributed by atoms with E-state index < -0.39 is 0 Å². The summed E-state index contributed by atoms with van der Waals surface area (Å²) in [4.78, 5) is 16.9. The van der Waals surface area contributed by atoms with Gasteiger partial charge in [0, 0.05) is 17.5 Å². The van der Waals surface area contributed by atoms with Gasteiger partial charge in [0.2, 0.25) is 0 Å². The fourth-order valence-corrected chi connectivity index (χ4v) is 3.50. The van der Waals surface area contributed by atoms with Crippen molar-refractivity contribution in [2.45, 2.75) is 5.92 Å². The van der Waals surface area contributed by atoms with Crippen LogP contribution in [-0.4, -0.2) is 17.4 Å². The molecule has 26 heavy (non-hydrogen) atoms. The van der Waals surface area contributed by atoms with Crippen molar-refractivity contribution in [1.29, 1.82) is 0 Å². The van der Waals surface area contributed by atoms with Gasteiger partial charge in [-0.15, -0.1) is 11.3 Å². The van der Waals surface area contributed by atoms with Crippen molar-refractivity contribution in [2.75, 3.05) is 6.54 Å². The zero-order valence-electron chi connectivity index (χ0n) is 13.8. The van der Waals surface area contributed by atoms with E-state index in [2.05, 4.69) is 10.3 Å². The molecule has 4 rings (SSSR count). The Kier molecular flexibility index (Phi) is 4.66. The number of carbonyl (C=O) groups is 1. The van der Waals surface area contributed by atoms with Gasteiger partial charge >= 0.3 is 0 Å². The van der Waals surface area contributed by atoms with Gasteiger partial charge in [0.05, 0.1) is 18.4 Å². The average Bonchev–Trinajstić information content (AvgIpc) is 3.44. The zero-order chi connectivity index (χ0) is 17.8. The maximum atomic E-state index is 12.5. The minimum Gasteiger partial charge on any atom is -0.469 e. The molecule has 0 bridgehead atoms. The van der Waals surface area contributed by atoms with Crippen LogP contribution in [0, 0.1) is 0 Å². The number of hydrogen-bond acceptors (Lipinski definition) is 5. The molecule has 0 unspecified atom stereocenters. The first kappa shape index (κ1) is 16.4. The topological polar surface area (TPSA) is 68.3 Å². The van der Waals surface area contributed by atoms with E-state index in [0.29, 0.717) is 12.2 Å². The van der Waals surface area contributed by atoms with Gasteiger partial charge in [0.25, 0.3) is 5.91 Å². The Bertz CT molecular complexity index is 926. The minimum atomic E-state index is -0.216. The molecule has 1 amide bonds. The van der Waals surface area contributed by atoms with Crippen LogP contribution in [0.3, 0.4) is 0 Å². The van der Waals surface area contributed by atoms with Gasteiger partial charge in [0.15, 0.2) is 0 Å². The van der Waals surface area contributed by atoms with E-state index >= 15 is 0 Å². The van der Waals surface area contributed by atoms with E-state index in [1.807, 2.05) is 54.6 Å². The summed E-state index contributed by atoms with van der Waals surface area (Å²) in [6.07, 6.45) is 3.22. The summed E-state index contributed by atoms with van der Waals surface area (Å²) in [6, 6.07) is 17.2. The lowest BCUT2D eigenvalue weighted by atomic mass is 10.0. The maximum absolute atomic E-state index is 12.5. The van der Waals surface area contributed by atoms with E-state index in [4.69, 9.17) is 8.83 Å². The smallest absolute Gasteiger partial charge is 0.270 e. The second-order valence-corrected chi connectivity index (χ2v) is 6.56. The molecule has 0 aliphatic carbocycles. The first-order chi connectivity index (χ1) is 12.8. The maximum Gasteiger partial charge on any atom is 0.270 e.